The van der Waals surface area contributed by atoms with Crippen LogP contribution in [0.4, 0.5) is 10.1 Å². The van der Waals surface area contributed by atoms with Crippen LogP contribution < -0.4 is 10.5 Å². The topological polar surface area (TPSA) is 92.4 Å². The maximum atomic E-state index is 13.4. The fourth-order valence-electron chi connectivity index (χ4n) is 1.83. The van der Waals surface area contributed by atoms with E-state index < -0.39 is 28.5 Å². The van der Waals surface area contributed by atoms with Gasteiger partial charge in [0.15, 0.2) is 0 Å². The molecule has 0 aromatic heterocycles. The largest absolute Gasteiger partial charge is 0.396 e. The van der Waals surface area contributed by atoms with Crippen molar-refractivity contribution in [1.82, 2.24) is 4.72 Å². The molecule has 2 aromatic rings. The molecule has 2 aromatic carbocycles. The smallest absolute Gasteiger partial charge is 0.241 e. The molecule has 1 unspecified atom stereocenters. The van der Waals surface area contributed by atoms with Crippen LogP contribution in [0.1, 0.15) is 11.6 Å². The monoisotopic (exact) mass is 310 g/mol. The summed E-state index contributed by atoms with van der Waals surface area (Å²) >= 11 is 0. The molecule has 0 aliphatic carbocycles. The van der Waals surface area contributed by atoms with Crippen LogP contribution in [0.5, 0.6) is 0 Å². The number of rotatable bonds is 5. The van der Waals surface area contributed by atoms with E-state index in [2.05, 4.69) is 4.72 Å². The number of nitrogens with one attached hydrogen (secondary N) is 1. The van der Waals surface area contributed by atoms with E-state index in [9.17, 15) is 17.9 Å². The van der Waals surface area contributed by atoms with Crippen LogP contribution in [-0.4, -0.2) is 20.1 Å². The Balaban J connectivity index is 2.29. The van der Waals surface area contributed by atoms with Gasteiger partial charge in [0.1, 0.15) is 5.82 Å². The van der Waals surface area contributed by atoms with Crippen molar-refractivity contribution in [2.24, 2.45) is 0 Å². The number of aliphatic hydroxyl groups is 1. The third-order valence-electron chi connectivity index (χ3n) is 2.96. The normalized spacial score (nSPS) is 13.0. The van der Waals surface area contributed by atoms with Crippen molar-refractivity contribution in [1.29, 1.82) is 0 Å². The number of hydrogen-bond acceptors (Lipinski definition) is 4. The van der Waals surface area contributed by atoms with Crippen molar-refractivity contribution in [2.45, 2.75) is 10.9 Å². The van der Waals surface area contributed by atoms with Gasteiger partial charge in [-0.25, -0.2) is 17.5 Å². The molecule has 2 rings (SSSR count). The number of nitrogen functional groups attached to an aromatic ring is 1. The molecule has 0 bridgehead atoms. The second kappa shape index (κ2) is 6.21. The van der Waals surface area contributed by atoms with Gasteiger partial charge in [-0.2, -0.15) is 0 Å². The van der Waals surface area contributed by atoms with Crippen molar-refractivity contribution in [3.05, 3.63) is 59.9 Å². The van der Waals surface area contributed by atoms with Gasteiger partial charge in [0, 0.05) is 0 Å². The zero-order valence-corrected chi connectivity index (χ0v) is 11.8. The molecular formula is C14H15FN2O3S. The fourth-order valence-corrected chi connectivity index (χ4v) is 3.05. The van der Waals surface area contributed by atoms with Gasteiger partial charge in [-0.3, -0.25) is 0 Å². The minimum atomic E-state index is -3.96. The lowest BCUT2D eigenvalue weighted by atomic mass is 10.1. The molecule has 0 aliphatic heterocycles. The Morgan fingerprint density at radius 1 is 1.19 bits per heavy atom. The Morgan fingerprint density at radius 2 is 1.86 bits per heavy atom. The van der Waals surface area contributed by atoms with E-state index in [1.807, 2.05) is 0 Å². The SMILES string of the molecule is Nc1ccc(S(=O)(=O)NC(CO)c2ccccc2)cc1F. The molecule has 0 spiro atoms. The number of hydrogen-bond donors (Lipinski definition) is 3. The molecule has 5 nitrogen and oxygen atoms in total. The van der Waals surface area contributed by atoms with E-state index in [4.69, 9.17) is 5.73 Å². The summed E-state index contributed by atoms with van der Waals surface area (Å²) in [5.74, 6) is -0.807. The van der Waals surface area contributed by atoms with Gasteiger partial charge in [0.05, 0.1) is 23.2 Å². The summed E-state index contributed by atoms with van der Waals surface area (Å²) in [6.45, 7) is -0.416. The first-order valence-corrected chi connectivity index (χ1v) is 7.65. The first-order valence-electron chi connectivity index (χ1n) is 6.17. The van der Waals surface area contributed by atoms with Gasteiger partial charge < -0.3 is 10.8 Å². The Hall–Kier alpha value is -1.96. The van der Waals surface area contributed by atoms with Gasteiger partial charge >= 0.3 is 0 Å². The number of halogens is 1. The number of nitrogens with two attached hydrogens (primary N) is 1. The zero-order chi connectivity index (χ0) is 15.5. The quantitative estimate of drug-likeness (QED) is 0.728. The van der Waals surface area contributed by atoms with Crippen LogP contribution >= 0.6 is 0 Å². The zero-order valence-electron chi connectivity index (χ0n) is 11.0. The molecule has 0 saturated carbocycles. The van der Waals surface area contributed by atoms with Crippen molar-refractivity contribution >= 4 is 15.7 Å². The van der Waals surface area contributed by atoms with Crippen LogP contribution in [0.3, 0.4) is 0 Å². The lowest BCUT2D eigenvalue weighted by Crippen LogP contribution is -2.31. The molecule has 7 heteroatoms. The number of sulfonamides is 1. The van der Waals surface area contributed by atoms with Gasteiger partial charge in [0.25, 0.3) is 0 Å². The Bertz CT molecular complexity index is 720. The number of aliphatic hydroxyl groups excluding tert-OH is 1. The molecule has 0 fully saturated rings. The minimum Gasteiger partial charge on any atom is -0.396 e. The van der Waals surface area contributed by atoms with E-state index in [-0.39, 0.29) is 10.6 Å². The second-order valence-corrected chi connectivity index (χ2v) is 6.16. The standard InChI is InChI=1S/C14H15FN2O3S/c15-12-8-11(6-7-13(12)16)21(19,20)17-14(9-18)10-4-2-1-3-5-10/h1-8,14,17-18H,9,16H2. The van der Waals surface area contributed by atoms with Crippen LogP contribution in [0.2, 0.25) is 0 Å². The highest BCUT2D eigenvalue weighted by atomic mass is 32.2. The summed E-state index contributed by atoms with van der Waals surface area (Å²) in [5.41, 5.74) is 5.80. The van der Waals surface area contributed by atoms with Gasteiger partial charge in [-0.15, -0.1) is 0 Å². The van der Waals surface area contributed by atoms with E-state index in [1.54, 1.807) is 30.3 Å². The lowest BCUT2D eigenvalue weighted by Gasteiger charge is -2.17. The van der Waals surface area contributed by atoms with Crippen LogP contribution in [0.15, 0.2) is 53.4 Å². The summed E-state index contributed by atoms with van der Waals surface area (Å²) in [6.07, 6.45) is 0. The van der Waals surface area contributed by atoms with Crippen LogP contribution in [-0.2, 0) is 10.0 Å². The first-order chi connectivity index (χ1) is 9.94. The third-order valence-corrected chi connectivity index (χ3v) is 4.43. The third kappa shape index (κ3) is 3.57. The van der Waals surface area contributed by atoms with E-state index >= 15 is 0 Å². The van der Waals surface area contributed by atoms with Gasteiger partial charge in [-0.1, -0.05) is 30.3 Å². The highest BCUT2D eigenvalue weighted by Gasteiger charge is 2.21. The highest BCUT2D eigenvalue weighted by molar-refractivity contribution is 7.89. The molecule has 21 heavy (non-hydrogen) atoms. The summed E-state index contributed by atoms with van der Waals surface area (Å²) < 4.78 is 40.1. The Kier molecular flexibility index (Phi) is 4.56. The van der Waals surface area contributed by atoms with E-state index in [0.717, 1.165) is 6.07 Å². The summed E-state index contributed by atoms with van der Waals surface area (Å²) in [7, 11) is -3.96. The fraction of sp³-hybridized carbons (Fsp3) is 0.143. The minimum absolute atomic E-state index is 0.129. The highest BCUT2D eigenvalue weighted by Crippen LogP contribution is 2.19. The maximum Gasteiger partial charge on any atom is 0.241 e. The number of anilines is 1. The Labute approximate surface area is 122 Å². The molecule has 0 radical (unpaired) electrons. The molecule has 0 saturated heterocycles. The lowest BCUT2D eigenvalue weighted by molar-refractivity contribution is 0.259. The second-order valence-electron chi connectivity index (χ2n) is 4.45. The molecule has 112 valence electrons. The van der Waals surface area contributed by atoms with Crippen molar-refractivity contribution in [2.75, 3.05) is 12.3 Å². The molecule has 0 amide bonds. The average molecular weight is 310 g/mol. The Morgan fingerprint density at radius 3 is 2.43 bits per heavy atom. The molecule has 1 atom stereocenters. The molecular weight excluding hydrogens is 295 g/mol. The summed E-state index contributed by atoms with van der Waals surface area (Å²) in [5, 5.41) is 9.37. The van der Waals surface area contributed by atoms with Gasteiger partial charge in [-0.05, 0) is 23.8 Å². The van der Waals surface area contributed by atoms with E-state index in [0.29, 0.717) is 5.56 Å². The molecule has 0 heterocycles. The predicted molar refractivity (Wildman–Crippen MR) is 77.4 cm³/mol. The molecule has 4 N–H and O–H groups in total. The summed E-state index contributed by atoms with van der Waals surface area (Å²) in [4.78, 5) is -0.247. The number of benzene rings is 2. The summed E-state index contributed by atoms with van der Waals surface area (Å²) in [6, 6.07) is 11.0. The first kappa shape index (κ1) is 15.4. The van der Waals surface area contributed by atoms with E-state index in [1.165, 1.54) is 12.1 Å². The average Bonchev–Trinajstić information content (AvgIpc) is 2.48. The van der Waals surface area contributed by atoms with Crippen LogP contribution in [0.25, 0.3) is 0 Å². The van der Waals surface area contributed by atoms with Crippen LogP contribution in [0, 0.1) is 5.82 Å². The maximum absolute atomic E-state index is 13.4. The van der Waals surface area contributed by atoms with Crippen molar-refractivity contribution in [3.63, 3.8) is 0 Å². The molecule has 0 aliphatic rings. The van der Waals surface area contributed by atoms with Crippen molar-refractivity contribution in [3.8, 4) is 0 Å². The van der Waals surface area contributed by atoms with Gasteiger partial charge in [0.2, 0.25) is 10.0 Å². The van der Waals surface area contributed by atoms with Crippen molar-refractivity contribution < 1.29 is 17.9 Å². The predicted octanol–water partition coefficient (Wildman–Crippen LogP) is 1.42.